The van der Waals surface area contributed by atoms with E-state index in [0.717, 1.165) is 6.42 Å². The maximum Gasteiger partial charge on any atom is 0.260 e. The molecule has 3 rings (SSSR count). The van der Waals surface area contributed by atoms with Crippen LogP contribution in [0.3, 0.4) is 0 Å². The van der Waals surface area contributed by atoms with E-state index in [0.29, 0.717) is 39.1 Å². The van der Waals surface area contributed by atoms with Gasteiger partial charge in [0.25, 0.3) is 11.5 Å². The fourth-order valence-corrected chi connectivity index (χ4v) is 3.04. The molecule has 1 heterocycles. The van der Waals surface area contributed by atoms with E-state index in [1.165, 1.54) is 0 Å². The minimum absolute atomic E-state index is 0.120. The molecule has 0 fully saturated rings. The molecule has 0 bridgehead atoms. The average molecular weight is 420 g/mol. The monoisotopic (exact) mass is 419 g/mol. The molecule has 1 amide bonds. The number of carbonyl (C=O) groups excluding carboxylic acids is 1. The van der Waals surface area contributed by atoms with Crippen molar-refractivity contribution < 1.29 is 9.53 Å². The van der Waals surface area contributed by atoms with Gasteiger partial charge in [0.05, 0.1) is 17.4 Å². The Morgan fingerprint density at radius 3 is 2.57 bits per heavy atom. The van der Waals surface area contributed by atoms with Crippen molar-refractivity contribution in [3.63, 3.8) is 0 Å². The Hall–Kier alpha value is -2.57. The van der Waals surface area contributed by atoms with Gasteiger partial charge in [-0.3, -0.25) is 9.59 Å². The summed E-state index contributed by atoms with van der Waals surface area (Å²) in [6.45, 7) is 2.54. The van der Waals surface area contributed by atoms with E-state index in [2.05, 4.69) is 9.97 Å². The van der Waals surface area contributed by atoms with E-state index in [1.54, 1.807) is 47.4 Å². The number of ether oxygens (including phenoxy) is 1. The molecular formula is C20H19Cl2N3O3. The van der Waals surface area contributed by atoms with Crippen LogP contribution in [0.15, 0.2) is 47.3 Å². The minimum Gasteiger partial charge on any atom is -0.484 e. The molecule has 0 saturated carbocycles. The lowest BCUT2D eigenvalue weighted by Gasteiger charge is -2.21. The molecule has 8 heteroatoms. The number of carbonyl (C=O) groups is 1. The molecule has 0 radical (unpaired) electrons. The minimum atomic E-state index is -0.266. The number of fused-ring (bicyclic) bond motifs is 1. The number of hydrogen-bond acceptors (Lipinski definition) is 4. The molecule has 0 saturated heterocycles. The second-order valence-electron chi connectivity index (χ2n) is 6.23. The standard InChI is InChI=1S/C20H19Cl2N3O3/c1-2-9-25(19(26)12-28-15-6-3-13(21)4-7-15)11-18-23-17-10-14(22)5-8-16(17)20(27)24-18/h3-8,10H,2,9,11-12H2,1H3,(H,23,24,27). The predicted molar refractivity (Wildman–Crippen MR) is 110 cm³/mol. The van der Waals surface area contributed by atoms with E-state index in [1.807, 2.05) is 6.92 Å². The second-order valence-corrected chi connectivity index (χ2v) is 7.10. The van der Waals surface area contributed by atoms with Crippen LogP contribution in [-0.4, -0.2) is 33.9 Å². The summed E-state index contributed by atoms with van der Waals surface area (Å²) in [5.74, 6) is 0.750. The number of amides is 1. The number of rotatable bonds is 7. The molecule has 0 spiro atoms. The Morgan fingerprint density at radius 1 is 1.14 bits per heavy atom. The van der Waals surface area contributed by atoms with Crippen molar-refractivity contribution in [3.8, 4) is 5.75 Å². The molecular weight excluding hydrogens is 401 g/mol. The van der Waals surface area contributed by atoms with Gasteiger partial charge in [-0.15, -0.1) is 0 Å². The first kappa shape index (κ1) is 20.2. The van der Waals surface area contributed by atoms with Gasteiger partial charge in [0.15, 0.2) is 6.61 Å². The summed E-state index contributed by atoms with van der Waals surface area (Å²) in [4.78, 5) is 33.7. The van der Waals surface area contributed by atoms with E-state index in [-0.39, 0.29) is 24.6 Å². The molecule has 0 aliphatic heterocycles. The van der Waals surface area contributed by atoms with Gasteiger partial charge >= 0.3 is 0 Å². The van der Waals surface area contributed by atoms with Crippen molar-refractivity contribution in [2.24, 2.45) is 0 Å². The Kier molecular flexibility index (Phi) is 6.54. The summed E-state index contributed by atoms with van der Waals surface area (Å²) in [5.41, 5.74) is 0.227. The van der Waals surface area contributed by atoms with Gasteiger partial charge in [0, 0.05) is 16.6 Å². The predicted octanol–water partition coefficient (Wildman–Crippen LogP) is 4.05. The van der Waals surface area contributed by atoms with Crippen LogP contribution in [0.5, 0.6) is 5.75 Å². The third-order valence-corrected chi connectivity index (χ3v) is 4.57. The van der Waals surface area contributed by atoms with E-state index >= 15 is 0 Å². The van der Waals surface area contributed by atoms with Crippen LogP contribution in [0.25, 0.3) is 10.9 Å². The maximum atomic E-state index is 12.6. The lowest BCUT2D eigenvalue weighted by Crippen LogP contribution is -2.36. The fourth-order valence-electron chi connectivity index (χ4n) is 2.75. The first-order valence-corrected chi connectivity index (χ1v) is 9.56. The molecule has 0 aliphatic rings. The molecule has 0 aliphatic carbocycles. The van der Waals surface area contributed by atoms with Crippen molar-refractivity contribution in [2.75, 3.05) is 13.2 Å². The van der Waals surface area contributed by atoms with Crippen molar-refractivity contribution >= 4 is 40.0 Å². The van der Waals surface area contributed by atoms with Crippen molar-refractivity contribution in [1.29, 1.82) is 0 Å². The SMILES string of the molecule is CCCN(Cc1nc2cc(Cl)ccc2c(=O)[nH]1)C(=O)COc1ccc(Cl)cc1. The van der Waals surface area contributed by atoms with Crippen LogP contribution in [-0.2, 0) is 11.3 Å². The number of nitrogens with zero attached hydrogens (tertiary/aromatic N) is 2. The van der Waals surface area contributed by atoms with Crippen molar-refractivity contribution in [1.82, 2.24) is 14.9 Å². The Labute approximate surface area is 172 Å². The molecule has 1 N–H and O–H groups in total. The smallest absolute Gasteiger partial charge is 0.260 e. The van der Waals surface area contributed by atoms with Gasteiger partial charge in [-0.25, -0.2) is 4.98 Å². The number of benzene rings is 2. The Balaban J connectivity index is 1.74. The summed E-state index contributed by atoms with van der Waals surface area (Å²) >= 11 is 11.8. The zero-order valence-corrected chi connectivity index (χ0v) is 16.8. The van der Waals surface area contributed by atoms with Gasteiger partial charge in [-0.1, -0.05) is 30.1 Å². The fraction of sp³-hybridized carbons (Fsp3) is 0.250. The maximum absolute atomic E-state index is 12.6. The normalized spacial score (nSPS) is 10.8. The quantitative estimate of drug-likeness (QED) is 0.626. The lowest BCUT2D eigenvalue weighted by molar-refractivity contribution is -0.134. The summed E-state index contributed by atoms with van der Waals surface area (Å²) in [7, 11) is 0. The summed E-state index contributed by atoms with van der Waals surface area (Å²) in [5, 5.41) is 1.54. The van der Waals surface area contributed by atoms with E-state index in [4.69, 9.17) is 27.9 Å². The molecule has 146 valence electrons. The topological polar surface area (TPSA) is 75.3 Å². The third kappa shape index (κ3) is 5.03. The van der Waals surface area contributed by atoms with Gasteiger partial charge in [0.2, 0.25) is 0 Å². The summed E-state index contributed by atoms with van der Waals surface area (Å²) < 4.78 is 5.54. The summed E-state index contributed by atoms with van der Waals surface area (Å²) in [6.07, 6.45) is 0.760. The van der Waals surface area contributed by atoms with Gasteiger partial charge in [0.1, 0.15) is 11.6 Å². The number of aromatic nitrogens is 2. The van der Waals surface area contributed by atoms with Crippen LogP contribution in [0.2, 0.25) is 10.0 Å². The first-order valence-electron chi connectivity index (χ1n) is 8.81. The third-order valence-electron chi connectivity index (χ3n) is 4.08. The first-order chi connectivity index (χ1) is 13.5. The number of hydrogen-bond donors (Lipinski definition) is 1. The van der Waals surface area contributed by atoms with Crippen LogP contribution in [0, 0.1) is 0 Å². The highest BCUT2D eigenvalue weighted by Crippen LogP contribution is 2.17. The van der Waals surface area contributed by atoms with E-state index < -0.39 is 0 Å². The highest BCUT2D eigenvalue weighted by Gasteiger charge is 2.16. The molecule has 0 unspecified atom stereocenters. The van der Waals surface area contributed by atoms with Crippen LogP contribution in [0.1, 0.15) is 19.2 Å². The molecule has 6 nitrogen and oxygen atoms in total. The Morgan fingerprint density at radius 2 is 1.86 bits per heavy atom. The van der Waals surface area contributed by atoms with Crippen molar-refractivity contribution in [2.45, 2.75) is 19.9 Å². The molecule has 28 heavy (non-hydrogen) atoms. The number of nitrogens with one attached hydrogen (secondary N) is 1. The highest BCUT2D eigenvalue weighted by atomic mass is 35.5. The molecule has 3 aromatic rings. The van der Waals surface area contributed by atoms with E-state index in [9.17, 15) is 9.59 Å². The van der Waals surface area contributed by atoms with Crippen molar-refractivity contribution in [3.05, 3.63) is 68.7 Å². The lowest BCUT2D eigenvalue weighted by atomic mass is 10.2. The molecule has 1 aromatic heterocycles. The number of aromatic amines is 1. The zero-order valence-electron chi connectivity index (χ0n) is 15.2. The molecule has 2 aromatic carbocycles. The van der Waals surface area contributed by atoms with Crippen LogP contribution >= 0.6 is 23.2 Å². The van der Waals surface area contributed by atoms with Crippen LogP contribution in [0.4, 0.5) is 0 Å². The zero-order chi connectivity index (χ0) is 20.1. The average Bonchev–Trinajstić information content (AvgIpc) is 2.66. The largest absolute Gasteiger partial charge is 0.484 e. The van der Waals surface area contributed by atoms with Gasteiger partial charge in [-0.2, -0.15) is 0 Å². The highest BCUT2D eigenvalue weighted by molar-refractivity contribution is 6.31. The molecule has 0 atom stereocenters. The van der Waals surface area contributed by atoms with Crippen LogP contribution < -0.4 is 10.3 Å². The summed E-state index contributed by atoms with van der Waals surface area (Å²) in [6, 6.07) is 11.7. The Bertz CT molecular complexity index is 1040. The number of H-pyrrole nitrogens is 1. The number of halogens is 2. The van der Waals surface area contributed by atoms with Gasteiger partial charge in [-0.05, 0) is 48.9 Å². The van der Waals surface area contributed by atoms with Gasteiger partial charge < -0.3 is 14.6 Å². The second kappa shape index (κ2) is 9.08.